The number of aryl methyl sites for hydroxylation is 1. The average molecular weight is 279 g/mol. The summed E-state index contributed by atoms with van der Waals surface area (Å²) < 4.78 is 46.0. The third-order valence-electron chi connectivity index (χ3n) is 2.93. The molecule has 9 heteroatoms. The van der Waals surface area contributed by atoms with Crippen LogP contribution in [0, 0.1) is 6.92 Å². The van der Waals surface area contributed by atoms with Crippen molar-refractivity contribution in [3.63, 3.8) is 0 Å². The highest BCUT2D eigenvalue weighted by Gasteiger charge is 2.60. The second-order valence-corrected chi connectivity index (χ2v) is 4.28. The van der Waals surface area contributed by atoms with Gasteiger partial charge in [-0.25, -0.2) is 9.18 Å². The topological polar surface area (TPSA) is 90.4 Å². The van der Waals surface area contributed by atoms with Crippen LogP contribution in [0.2, 0.25) is 0 Å². The Labute approximate surface area is 105 Å². The molecule has 0 aliphatic carbocycles. The molecule has 0 radical (unpaired) electrons. The maximum absolute atomic E-state index is 13.7. The van der Waals surface area contributed by atoms with Crippen LogP contribution in [0.1, 0.15) is 11.8 Å². The van der Waals surface area contributed by atoms with E-state index in [4.69, 9.17) is 15.6 Å². The lowest BCUT2D eigenvalue weighted by atomic mass is 10.1. The third kappa shape index (κ3) is 2.08. The molecule has 0 spiro atoms. The van der Waals surface area contributed by atoms with Gasteiger partial charge in [0.05, 0.1) is 6.61 Å². The number of anilines is 1. The van der Waals surface area contributed by atoms with Crippen LogP contribution in [-0.4, -0.2) is 39.5 Å². The number of aliphatic hydroxyl groups excluding tert-OH is 1. The molecule has 2 rings (SSSR count). The van der Waals surface area contributed by atoms with Crippen LogP contribution in [-0.2, 0) is 4.74 Å². The minimum Gasteiger partial charge on any atom is -0.394 e. The van der Waals surface area contributed by atoms with Crippen LogP contribution in [0.4, 0.5) is 19.0 Å². The van der Waals surface area contributed by atoms with Gasteiger partial charge in [-0.05, 0) is 6.92 Å². The summed E-state index contributed by atoms with van der Waals surface area (Å²) >= 11 is 0. The number of nitrogens with zero attached hydrogens (tertiary/aromatic N) is 2. The minimum atomic E-state index is -3.94. The highest BCUT2D eigenvalue weighted by molar-refractivity contribution is 5.35. The Balaban J connectivity index is 2.48. The predicted molar refractivity (Wildman–Crippen MR) is 58.5 cm³/mol. The second-order valence-electron chi connectivity index (χ2n) is 4.28. The Morgan fingerprint density at radius 1 is 1.63 bits per heavy atom. The number of halogens is 3. The van der Waals surface area contributed by atoms with Gasteiger partial charge in [0.2, 0.25) is 6.23 Å². The van der Waals surface area contributed by atoms with Gasteiger partial charge in [-0.15, -0.1) is 0 Å². The molecule has 106 valence electrons. The van der Waals surface area contributed by atoms with Crippen molar-refractivity contribution in [2.45, 2.75) is 31.3 Å². The van der Waals surface area contributed by atoms with E-state index in [9.17, 15) is 18.0 Å². The standard InChI is InChI=1S/C10H12F3N3O3/c1-4-2-16(9(18)15-7(4)14)8-10(12,13)6(11)5(3-17)19-8/h2,5-6,8,17H,3H2,1H3,(H2,14,15,18). The van der Waals surface area contributed by atoms with E-state index in [0.717, 1.165) is 6.20 Å². The van der Waals surface area contributed by atoms with Gasteiger partial charge in [0.15, 0.2) is 6.17 Å². The number of aliphatic hydroxyl groups is 1. The van der Waals surface area contributed by atoms with Crippen molar-refractivity contribution in [1.82, 2.24) is 9.55 Å². The molecule has 1 saturated heterocycles. The zero-order chi connectivity index (χ0) is 14.4. The third-order valence-corrected chi connectivity index (χ3v) is 2.93. The molecule has 6 nitrogen and oxygen atoms in total. The lowest BCUT2D eigenvalue weighted by Crippen LogP contribution is -2.40. The molecule has 1 aliphatic rings. The maximum Gasteiger partial charge on any atom is 0.351 e. The van der Waals surface area contributed by atoms with Crippen LogP contribution < -0.4 is 11.4 Å². The average Bonchev–Trinajstić information content (AvgIpc) is 2.56. The van der Waals surface area contributed by atoms with Crippen LogP contribution in [0.3, 0.4) is 0 Å². The molecule has 1 fully saturated rings. The summed E-state index contributed by atoms with van der Waals surface area (Å²) in [6.07, 6.45) is -5.52. The van der Waals surface area contributed by atoms with Crippen molar-refractivity contribution in [2.24, 2.45) is 0 Å². The largest absolute Gasteiger partial charge is 0.394 e. The Morgan fingerprint density at radius 2 is 2.26 bits per heavy atom. The Morgan fingerprint density at radius 3 is 2.79 bits per heavy atom. The molecule has 3 unspecified atom stereocenters. The summed E-state index contributed by atoms with van der Waals surface area (Å²) in [5.41, 5.74) is 4.58. The zero-order valence-electron chi connectivity index (χ0n) is 9.89. The number of hydrogen-bond acceptors (Lipinski definition) is 5. The predicted octanol–water partition coefficient (Wildman–Crippen LogP) is -0.00298. The first-order valence-electron chi connectivity index (χ1n) is 5.42. The van der Waals surface area contributed by atoms with Gasteiger partial charge in [-0.1, -0.05) is 0 Å². The van der Waals surface area contributed by atoms with Crippen molar-refractivity contribution >= 4 is 5.82 Å². The van der Waals surface area contributed by atoms with Crippen LogP contribution >= 0.6 is 0 Å². The summed E-state index contributed by atoms with van der Waals surface area (Å²) in [5, 5.41) is 8.78. The molecular formula is C10H12F3N3O3. The quantitative estimate of drug-likeness (QED) is 0.795. The molecule has 3 N–H and O–H groups in total. The number of rotatable bonds is 2. The van der Waals surface area contributed by atoms with E-state index < -0.39 is 36.7 Å². The number of ether oxygens (including phenoxy) is 1. The van der Waals surface area contributed by atoms with E-state index >= 15 is 0 Å². The molecule has 0 bridgehead atoms. The van der Waals surface area contributed by atoms with Crippen LogP contribution in [0.15, 0.2) is 11.0 Å². The number of aromatic nitrogens is 2. The van der Waals surface area contributed by atoms with Gasteiger partial charge in [-0.2, -0.15) is 13.8 Å². The lowest BCUT2D eigenvalue weighted by Gasteiger charge is -2.20. The molecule has 19 heavy (non-hydrogen) atoms. The fraction of sp³-hybridized carbons (Fsp3) is 0.600. The number of hydrogen-bond donors (Lipinski definition) is 2. The van der Waals surface area contributed by atoms with E-state index in [2.05, 4.69) is 4.98 Å². The minimum absolute atomic E-state index is 0.0990. The molecule has 0 amide bonds. The summed E-state index contributed by atoms with van der Waals surface area (Å²) in [6.45, 7) is 0.547. The van der Waals surface area contributed by atoms with Crippen LogP contribution in [0.25, 0.3) is 0 Å². The first-order valence-corrected chi connectivity index (χ1v) is 5.42. The molecule has 2 heterocycles. The molecular weight excluding hydrogens is 267 g/mol. The fourth-order valence-electron chi connectivity index (χ4n) is 1.84. The first kappa shape index (κ1) is 13.8. The lowest BCUT2D eigenvalue weighted by molar-refractivity contribution is -0.130. The molecule has 0 saturated carbocycles. The van der Waals surface area contributed by atoms with Crippen molar-refractivity contribution < 1.29 is 23.0 Å². The van der Waals surface area contributed by atoms with Gasteiger partial charge in [0.25, 0.3) is 0 Å². The number of nitrogens with two attached hydrogens (primary N) is 1. The number of alkyl halides is 3. The summed E-state index contributed by atoms with van der Waals surface area (Å²) in [5.74, 6) is -4.04. The van der Waals surface area contributed by atoms with E-state index in [1.54, 1.807) is 0 Å². The monoisotopic (exact) mass is 279 g/mol. The summed E-state index contributed by atoms with van der Waals surface area (Å²) in [7, 11) is 0. The van der Waals surface area contributed by atoms with E-state index in [1.165, 1.54) is 6.92 Å². The first-order chi connectivity index (χ1) is 8.78. The van der Waals surface area contributed by atoms with Gasteiger partial charge in [0, 0.05) is 11.8 Å². The van der Waals surface area contributed by atoms with Crippen LogP contribution in [0.5, 0.6) is 0 Å². The highest BCUT2D eigenvalue weighted by Crippen LogP contribution is 2.43. The Kier molecular flexibility index (Phi) is 3.27. The van der Waals surface area contributed by atoms with Gasteiger partial charge in [-0.3, -0.25) is 4.57 Å². The summed E-state index contributed by atoms with van der Waals surface area (Å²) in [6, 6.07) is 0. The SMILES string of the molecule is Cc1cn(C2OC(CO)C(F)C2(F)F)c(=O)nc1N. The van der Waals surface area contributed by atoms with Gasteiger partial charge < -0.3 is 15.6 Å². The van der Waals surface area contributed by atoms with Crippen molar-refractivity contribution in [3.05, 3.63) is 22.2 Å². The normalized spacial score (nSPS) is 29.6. The molecule has 1 aromatic heterocycles. The highest BCUT2D eigenvalue weighted by atomic mass is 19.3. The van der Waals surface area contributed by atoms with Crippen molar-refractivity contribution in [2.75, 3.05) is 12.3 Å². The summed E-state index contributed by atoms with van der Waals surface area (Å²) in [4.78, 5) is 14.9. The maximum atomic E-state index is 13.7. The molecule has 0 aromatic carbocycles. The van der Waals surface area contributed by atoms with Crippen molar-refractivity contribution in [3.8, 4) is 0 Å². The molecule has 1 aliphatic heterocycles. The smallest absolute Gasteiger partial charge is 0.351 e. The number of nitrogen functional groups attached to an aromatic ring is 1. The fourth-order valence-corrected chi connectivity index (χ4v) is 1.84. The van der Waals surface area contributed by atoms with Crippen molar-refractivity contribution in [1.29, 1.82) is 0 Å². The Hall–Kier alpha value is -1.61. The second kappa shape index (κ2) is 4.49. The molecule has 1 aromatic rings. The van der Waals surface area contributed by atoms with Gasteiger partial charge >= 0.3 is 11.6 Å². The molecule has 3 atom stereocenters. The van der Waals surface area contributed by atoms with Gasteiger partial charge in [0.1, 0.15) is 11.9 Å². The van der Waals surface area contributed by atoms with E-state index in [-0.39, 0.29) is 11.4 Å². The van der Waals surface area contributed by atoms with E-state index in [1.807, 2.05) is 0 Å². The zero-order valence-corrected chi connectivity index (χ0v) is 9.89. The Bertz CT molecular complexity index is 549. The van der Waals surface area contributed by atoms with E-state index in [0.29, 0.717) is 4.57 Å².